The lowest BCUT2D eigenvalue weighted by atomic mass is 9.88. The van der Waals surface area contributed by atoms with Crippen molar-refractivity contribution in [3.05, 3.63) is 24.0 Å². The van der Waals surface area contributed by atoms with E-state index in [1.165, 1.54) is 6.92 Å². The average Bonchev–Trinajstić information content (AvgIpc) is 2.97. The molecular formula is C18H28N4O3. The number of hydrogen-bond donors (Lipinski definition) is 1. The van der Waals surface area contributed by atoms with Crippen molar-refractivity contribution in [2.75, 3.05) is 40.3 Å². The third-order valence-corrected chi connectivity index (χ3v) is 4.57. The third-order valence-electron chi connectivity index (χ3n) is 4.57. The Bertz CT molecular complexity index is 620. The summed E-state index contributed by atoms with van der Waals surface area (Å²) in [7, 11) is 3.97. The highest BCUT2D eigenvalue weighted by Gasteiger charge is 2.41. The van der Waals surface area contributed by atoms with Crippen LogP contribution in [-0.2, 0) is 16.1 Å². The van der Waals surface area contributed by atoms with Gasteiger partial charge in [-0.05, 0) is 33.5 Å². The lowest BCUT2D eigenvalue weighted by molar-refractivity contribution is -0.131. The number of nitrogens with one attached hydrogen (secondary N) is 1. The van der Waals surface area contributed by atoms with Crippen LogP contribution in [0, 0.1) is 5.41 Å². The number of carbonyl (C=O) groups is 2. The number of rotatable bonds is 7. The molecule has 2 amide bonds. The van der Waals surface area contributed by atoms with E-state index >= 15 is 0 Å². The lowest BCUT2D eigenvalue weighted by Crippen LogP contribution is -2.41. The molecule has 1 aromatic heterocycles. The number of pyridine rings is 1. The molecule has 0 saturated carbocycles. The molecule has 1 aliphatic rings. The number of carbonyl (C=O) groups excluding carboxylic acids is 2. The van der Waals surface area contributed by atoms with E-state index in [1.54, 1.807) is 17.3 Å². The molecule has 1 saturated heterocycles. The van der Waals surface area contributed by atoms with Gasteiger partial charge in [-0.15, -0.1) is 0 Å². The van der Waals surface area contributed by atoms with E-state index < -0.39 is 5.41 Å². The minimum absolute atomic E-state index is 0.0160. The molecule has 7 heteroatoms. The van der Waals surface area contributed by atoms with Crippen LogP contribution in [0.5, 0.6) is 5.75 Å². The highest BCUT2D eigenvalue weighted by Crippen LogP contribution is 2.30. The molecule has 1 aliphatic heterocycles. The van der Waals surface area contributed by atoms with Crippen molar-refractivity contribution in [1.82, 2.24) is 20.1 Å². The van der Waals surface area contributed by atoms with E-state index in [9.17, 15) is 9.59 Å². The van der Waals surface area contributed by atoms with Gasteiger partial charge in [0.15, 0.2) is 0 Å². The number of likely N-dealkylation sites (tertiary alicyclic amines) is 1. The number of ether oxygens (including phenoxy) is 1. The fourth-order valence-corrected chi connectivity index (χ4v) is 2.83. The molecule has 1 atom stereocenters. The summed E-state index contributed by atoms with van der Waals surface area (Å²) in [6.45, 7) is 6.30. The Hall–Kier alpha value is -2.15. The van der Waals surface area contributed by atoms with Gasteiger partial charge >= 0.3 is 0 Å². The first-order chi connectivity index (χ1) is 11.8. The van der Waals surface area contributed by atoms with Crippen LogP contribution < -0.4 is 10.1 Å². The summed E-state index contributed by atoms with van der Waals surface area (Å²) in [6, 6.07) is 1.85. The Morgan fingerprint density at radius 1 is 1.44 bits per heavy atom. The SMILES string of the molecule is CC(=O)N1CCC(C)(C(=O)NCc2ccncc2OCCN(C)C)C1. The first-order valence-corrected chi connectivity index (χ1v) is 8.56. The first kappa shape index (κ1) is 19.2. The molecule has 1 aromatic rings. The Morgan fingerprint density at radius 2 is 2.20 bits per heavy atom. The molecule has 2 heterocycles. The summed E-state index contributed by atoms with van der Waals surface area (Å²) < 4.78 is 5.77. The fourth-order valence-electron chi connectivity index (χ4n) is 2.83. The lowest BCUT2D eigenvalue weighted by Gasteiger charge is -2.23. The van der Waals surface area contributed by atoms with Crippen LogP contribution in [0.15, 0.2) is 18.5 Å². The summed E-state index contributed by atoms with van der Waals surface area (Å²) in [5.41, 5.74) is 0.358. The van der Waals surface area contributed by atoms with Gasteiger partial charge in [0.05, 0.1) is 11.6 Å². The zero-order chi connectivity index (χ0) is 18.4. The number of nitrogens with zero attached hydrogens (tertiary/aromatic N) is 3. The maximum Gasteiger partial charge on any atom is 0.228 e. The molecule has 0 aromatic carbocycles. The highest BCUT2D eigenvalue weighted by atomic mass is 16.5. The molecule has 138 valence electrons. The van der Waals surface area contributed by atoms with Crippen LogP contribution in [0.25, 0.3) is 0 Å². The van der Waals surface area contributed by atoms with Gasteiger partial charge in [0, 0.05) is 44.9 Å². The molecule has 1 fully saturated rings. The summed E-state index contributed by atoms with van der Waals surface area (Å²) in [5, 5.41) is 2.99. The van der Waals surface area contributed by atoms with E-state index in [4.69, 9.17) is 4.74 Å². The van der Waals surface area contributed by atoms with E-state index in [0.717, 1.165) is 12.1 Å². The van der Waals surface area contributed by atoms with Gasteiger partial charge in [-0.1, -0.05) is 0 Å². The predicted octanol–water partition coefficient (Wildman–Crippen LogP) is 0.897. The standard InChI is InChI=1S/C18H28N4O3/c1-14(23)22-8-6-18(2,13-22)17(24)20-11-15-5-7-19-12-16(15)25-10-9-21(3)4/h5,7,12H,6,8-11,13H2,1-4H3,(H,20,24). The van der Waals surface area contributed by atoms with E-state index in [1.807, 2.05) is 32.0 Å². The van der Waals surface area contributed by atoms with Gasteiger partial charge in [0.25, 0.3) is 0 Å². The monoisotopic (exact) mass is 348 g/mol. The molecule has 25 heavy (non-hydrogen) atoms. The van der Waals surface area contributed by atoms with Crippen LogP contribution in [0.2, 0.25) is 0 Å². The number of amides is 2. The van der Waals surface area contributed by atoms with Crippen molar-refractivity contribution < 1.29 is 14.3 Å². The van der Waals surface area contributed by atoms with Gasteiger partial charge < -0.3 is 19.9 Å². The molecule has 7 nitrogen and oxygen atoms in total. The van der Waals surface area contributed by atoms with Crippen molar-refractivity contribution in [3.8, 4) is 5.75 Å². The molecule has 2 rings (SSSR count). The fraction of sp³-hybridized carbons (Fsp3) is 0.611. The summed E-state index contributed by atoms with van der Waals surface area (Å²) >= 11 is 0. The maximum atomic E-state index is 12.6. The number of likely N-dealkylation sites (N-methyl/N-ethyl adjacent to an activating group) is 1. The van der Waals surface area contributed by atoms with Gasteiger partial charge in [0.2, 0.25) is 11.8 Å². The minimum Gasteiger partial charge on any atom is -0.490 e. The van der Waals surface area contributed by atoms with Crippen molar-refractivity contribution >= 4 is 11.8 Å². The van der Waals surface area contributed by atoms with Gasteiger partial charge in [0.1, 0.15) is 12.4 Å². The van der Waals surface area contributed by atoms with E-state index in [-0.39, 0.29) is 11.8 Å². The Balaban J connectivity index is 1.92. The Kier molecular flexibility index (Phi) is 6.36. The number of aromatic nitrogens is 1. The first-order valence-electron chi connectivity index (χ1n) is 8.56. The smallest absolute Gasteiger partial charge is 0.228 e. The van der Waals surface area contributed by atoms with Crippen LogP contribution in [0.4, 0.5) is 0 Å². The zero-order valence-electron chi connectivity index (χ0n) is 15.5. The molecular weight excluding hydrogens is 320 g/mol. The highest BCUT2D eigenvalue weighted by molar-refractivity contribution is 5.84. The minimum atomic E-state index is -0.537. The number of hydrogen-bond acceptors (Lipinski definition) is 5. The van der Waals surface area contributed by atoms with Crippen LogP contribution in [-0.4, -0.2) is 66.9 Å². The average molecular weight is 348 g/mol. The molecule has 1 unspecified atom stereocenters. The van der Waals surface area contributed by atoms with Crippen molar-refractivity contribution in [2.45, 2.75) is 26.8 Å². The second-order valence-corrected chi connectivity index (χ2v) is 7.07. The van der Waals surface area contributed by atoms with Crippen LogP contribution in [0.1, 0.15) is 25.8 Å². The van der Waals surface area contributed by atoms with Gasteiger partial charge in [-0.25, -0.2) is 0 Å². The van der Waals surface area contributed by atoms with Crippen molar-refractivity contribution in [1.29, 1.82) is 0 Å². The Labute approximate surface area is 149 Å². The quantitative estimate of drug-likeness (QED) is 0.792. The van der Waals surface area contributed by atoms with Gasteiger partial charge in [-0.2, -0.15) is 0 Å². The molecule has 0 bridgehead atoms. The summed E-state index contributed by atoms with van der Waals surface area (Å²) in [4.78, 5) is 32.0. The second-order valence-electron chi connectivity index (χ2n) is 7.07. The summed E-state index contributed by atoms with van der Waals surface area (Å²) in [6.07, 6.45) is 4.04. The third kappa shape index (κ3) is 5.16. The predicted molar refractivity (Wildman–Crippen MR) is 95.1 cm³/mol. The van der Waals surface area contributed by atoms with Crippen LogP contribution >= 0.6 is 0 Å². The molecule has 0 spiro atoms. The Morgan fingerprint density at radius 3 is 2.84 bits per heavy atom. The zero-order valence-corrected chi connectivity index (χ0v) is 15.5. The molecule has 0 radical (unpaired) electrons. The largest absolute Gasteiger partial charge is 0.490 e. The van der Waals surface area contributed by atoms with E-state index in [2.05, 4.69) is 10.3 Å². The van der Waals surface area contributed by atoms with E-state index in [0.29, 0.717) is 38.4 Å². The maximum absolute atomic E-state index is 12.6. The van der Waals surface area contributed by atoms with Gasteiger partial charge in [-0.3, -0.25) is 14.6 Å². The normalized spacial score (nSPS) is 20.0. The second kappa shape index (κ2) is 8.29. The molecule has 1 N–H and O–H groups in total. The van der Waals surface area contributed by atoms with Crippen molar-refractivity contribution in [2.24, 2.45) is 5.41 Å². The molecule has 0 aliphatic carbocycles. The topological polar surface area (TPSA) is 74.8 Å². The van der Waals surface area contributed by atoms with Crippen molar-refractivity contribution in [3.63, 3.8) is 0 Å². The van der Waals surface area contributed by atoms with Crippen LogP contribution in [0.3, 0.4) is 0 Å². The summed E-state index contributed by atoms with van der Waals surface area (Å²) in [5.74, 6) is 0.668.